The summed E-state index contributed by atoms with van der Waals surface area (Å²) in [6.07, 6.45) is 9.02. The molecule has 11 N–H and O–H groups in total. The molecule has 0 aromatic heterocycles. The van der Waals surface area contributed by atoms with Gasteiger partial charge >= 0.3 is 53.7 Å². The Hall–Kier alpha value is -7.43. The number of aliphatic hydroxyl groups is 7. The summed E-state index contributed by atoms with van der Waals surface area (Å²) in [5, 5.41) is 92.4. The van der Waals surface area contributed by atoms with Gasteiger partial charge in [-0.3, -0.25) is 0 Å². The number of carbonyl (C=O) groups is 9. The molecule has 0 spiro atoms. The molecule has 0 aliphatic rings. The molecule has 0 heterocycles. The van der Waals surface area contributed by atoms with Gasteiger partial charge in [0.15, 0.2) is 0 Å². The first-order valence-electron chi connectivity index (χ1n) is 21.3. The molecule has 0 fully saturated rings. The normalized spacial score (nSPS) is 9.88. The molecule has 0 aliphatic carbocycles. The fourth-order valence-corrected chi connectivity index (χ4v) is 3.38. The van der Waals surface area contributed by atoms with E-state index in [1.165, 1.54) is 0 Å². The zero-order chi connectivity index (χ0) is 60.1. The van der Waals surface area contributed by atoms with Crippen molar-refractivity contribution < 1.29 is 128 Å². The number of carboxylic acid groups (broad SMARTS) is 4. The van der Waals surface area contributed by atoms with Crippen molar-refractivity contribution in [3.05, 3.63) is 114 Å². The van der Waals surface area contributed by atoms with E-state index < -0.39 is 115 Å². The second-order valence-electron chi connectivity index (χ2n) is 14.5. The number of carboxylic acids is 4. The molecule has 0 unspecified atom stereocenters. The summed E-state index contributed by atoms with van der Waals surface area (Å²) in [7, 11) is 0. The Bertz CT molecular complexity index is 1560. The summed E-state index contributed by atoms with van der Waals surface area (Å²) < 4.78 is 31.1. The van der Waals surface area contributed by atoms with E-state index in [-0.39, 0.29) is 52.9 Å². The second-order valence-corrected chi connectivity index (χ2v) is 14.5. The largest absolute Gasteiger partial charge is 0.478 e. The molecule has 26 heteroatoms. The molecule has 0 saturated carbocycles. The molecule has 0 radical (unpaired) electrons. The lowest BCUT2D eigenvalue weighted by atomic mass is 9.88. The first kappa shape index (κ1) is 81.6. The summed E-state index contributed by atoms with van der Waals surface area (Å²) in [6, 6.07) is 0. The van der Waals surface area contributed by atoms with E-state index in [1.54, 1.807) is 0 Å². The first-order chi connectivity index (χ1) is 35.1. The van der Waals surface area contributed by atoms with Crippen LogP contribution in [-0.4, -0.2) is 202 Å². The molecule has 0 saturated heterocycles. The smallest absolute Gasteiger partial charge is 0.330 e. The van der Waals surface area contributed by atoms with Gasteiger partial charge in [-0.2, -0.15) is 0 Å². The van der Waals surface area contributed by atoms with Crippen LogP contribution >= 0.6 is 0 Å². The van der Waals surface area contributed by atoms with Crippen LogP contribution < -0.4 is 0 Å². The minimum atomic E-state index is -1.44. The highest BCUT2D eigenvalue weighted by molar-refractivity contribution is 5.83. The monoisotopic (exact) mass is 1080 g/mol. The highest BCUT2D eigenvalue weighted by Gasteiger charge is 2.39. The van der Waals surface area contributed by atoms with Crippen molar-refractivity contribution in [2.24, 2.45) is 21.7 Å². The van der Waals surface area contributed by atoms with E-state index in [0.29, 0.717) is 12.8 Å². The SMILES string of the molecule is C=CC(=O)O.C=CC(=O)O.C=CC(=O)O.C=CC(=O)O.C=CC(=O)OCC(CO)(COCC(COC(=O)C=C)(COC(=O)C=C)COC(=O)C=C)COC(=O)C=C.CCC(CO)(CO)CO.CCC(CO)(CO)CO. The van der Waals surface area contributed by atoms with Crippen LogP contribution in [0.25, 0.3) is 0 Å². The minimum Gasteiger partial charge on any atom is -0.478 e. The van der Waals surface area contributed by atoms with Gasteiger partial charge in [-0.1, -0.05) is 73.1 Å². The van der Waals surface area contributed by atoms with E-state index in [2.05, 4.69) is 59.2 Å². The number of ether oxygens (including phenoxy) is 6. The minimum absolute atomic E-state index is 0.156. The average Bonchev–Trinajstić information content (AvgIpc) is 3.43. The number of esters is 5. The topological polar surface area (TPSA) is 432 Å². The molecule has 0 rings (SSSR count). The molecule has 26 nitrogen and oxygen atoms in total. The van der Waals surface area contributed by atoms with Crippen LogP contribution in [0.5, 0.6) is 0 Å². The van der Waals surface area contributed by atoms with Gasteiger partial charge < -0.3 is 84.6 Å². The summed E-state index contributed by atoms with van der Waals surface area (Å²) in [5.41, 5.74) is -4.21. The van der Waals surface area contributed by atoms with Gasteiger partial charge in [-0.05, 0) is 12.8 Å². The van der Waals surface area contributed by atoms with Gasteiger partial charge in [0.1, 0.15) is 33.0 Å². The lowest BCUT2D eigenvalue weighted by Gasteiger charge is -2.34. The third-order valence-electron chi connectivity index (χ3n) is 8.80. The quantitative estimate of drug-likeness (QED) is 0.0246. The molecule has 428 valence electrons. The van der Waals surface area contributed by atoms with Gasteiger partial charge in [-0.15, -0.1) is 0 Å². The lowest BCUT2D eigenvalue weighted by molar-refractivity contribution is -0.167. The number of carbonyl (C=O) groups excluding carboxylic acids is 5. The van der Waals surface area contributed by atoms with Gasteiger partial charge in [0, 0.05) is 65.5 Å². The van der Waals surface area contributed by atoms with Gasteiger partial charge in [-0.25, -0.2) is 43.2 Å². The maximum absolute atomic E-state index is 11.7. The first-order valence-corrected chi connectivity index (χ1v) is 21.3. The predicted octanol–water partition coefficient (Wildman–Crippen LogP) is 0.362. The maximum atomic E-state index is 11.7. The Morgan fingerprint density at radius 2 is 0.467 bits per heavy atom. The van der Waals surface area contributed by atoms with Crippen molar-refractivity contribution in [1.29, 1.82) is 0 Å². The van der Waals surface area contributed by atoms with E-state index in [0.717, 1.165) is 54.7 Å². The Morgan fingerprint density at radius 1 is 0.307 bits per heavy atom. The highest BCUT2D eigenvalue weighted by Crippen LogP contribution is 2.25. The highest BCUT2D eigenvalue weighted by atomic mass is 16.6. The van der Waals surface area contributed by atoms with Crippen LogP contribution in [0.2, 0.25) is 0 Å². The Morgan fingerprint density at radius 3 is 0.587 bits per heavy atom. The Kier molecular flexibility index (Phi) is 56.0. The molecule has 0 aliphatic heterocycles. The fraction of sp³-hybridized carbons (Fsp3) is 0.449. The lowest BCUT2D eigenvalue weighted by Crippen LogP contribution is -2.46. The Labute approximate surface area is 435 Å². The van der Waals surface area contributed by atoms with Crippen LogP contribution in [0.4, 0.5) is 0 Å². The summed E-state index contributed by atoms with van der Waals surface area (Å²) in [6.45, 7) is 27.4. The van der Waals surface area contributed by atoms with Crippen molar-refractivity contribution in [1.82, 2.24) is 0 Å². The number of hydrogen-bond acceptors (Lipinski definition) is 22. The standard InChI is InChI=1S/C25H32O12.2C6H14O3.4C3H4O2/c1-6-19(27)33-14-24(11-26,15-34-20(28)7-2)12-32-13-25(16-35-21(29)8-3,17-36-22(30)9-4)18-37-23(31)10-5;2*1-2-6(3-7,4-8)5-9;4*1-2-3(4)5/h6-10,26H,1-5,11-18H2;2*7-9H,2-5H2,1H3;4*2H,1H2,(H,4,5). The molecular weight excluding hydrogens is 1000 g/mol. The molecule has 0 aromatic rings. The van der Waals surface area contributed by atoms with Crippen molar-refractivity contribution in [3.63, 3.8) is 0 Å². The second kappa shape index (κ2) is 51.5. The zero-order valence-electron chi connectivity index (χ0n) is 42.4. The number of hydrogen-bond donors (Lipinski definition) is 11. The van der Waals surface area contributed by atoms with Crippen LogP contribution in [0.3, 0.4) is 0 Å². The predicted molar refractivity (Wildman–Crippen MR) is 268 cm³/mol. The molecule has 0 bridgehead atoms. The fourth-order valence-electron chi connectivity index (χ4n) is 3.38. The number of aliphatic hydroxyl groups excluding tert-OH is 7. The van der Waals surface area contributed by atoms with Crippen LogP contribution in [0.1, 0.15) is 26.7 Å². The van der Waals surface area contributed by atoms with Gasteiger partial charge in [0.25, 0.3) is 0 Å². The molecule has 75 heavy (non-hydrogen) atoms. The molecule has 0 amide bonds. The van der Waals surface area contributed by atoms with Crippen molar-refractivity contribution >= 4 is 53.7 Å². The molecular formula is C49H76O26. The van der Waals surface area contributed by atoms with Crippen molar-refractivity contribution in [2.75, 3.05) is 92.5 Å². The maximum Gasteiger partial charge on any atom is 0.330 e. The van der Waals surface area contributed by atoms with Gasteiger partial charge in [0.2, 0.25) is 0 Å². The molecule has 0 atom stereocenters. The number of aliphatic carboxylic acids is 4. The van der Waals surface area contributed by atoms with Crippen LogP contribution in [0, 0.1) is 21.7 Å². The average molecular weight is 1080 g/mol. The third-order valence-corrected chi connectivity index (χ3v) is 8.80. The molecule has 0 aromatic carbocycles. The van der Waals surface area contributed by atoms with E-state index in [9.17, 15) is 48.3 Å². The van der Waals surface area contributed by atoms with Crippen LogP contribution in [0.15, 0.2) is 114 Å². The summed E-state index contributed by atoms with van der Waals surface area (Å²) in [5.74, 6) is -7.96. The van der Waals surface area contributed by atoms with E-state index in [4.69, 9.17) is 79.5 Å². The van der Waals surface area contributed by atoms with Crippen molar-refractivity contribution in [3.8, 4) is 0 Å². The van der Waals surface area contributed by atoms with E-state index >= 15 is 0 Å². The summed E-state index contributed by atoms with van der Waals surface area (Å²) in [4.78, 5) is 95.3. The van der Waals surface area contributed by atoms with E-state index in [1.807, 2.05) is 13.8 Å². The third kappa shape index (κ3) is 48.6. The zero-order valence-corrected chi connectivity index (χ0v) is 42.4. The summed E-state index contributed by atoms with van der Waals surface area (Å²) >= 11 is 0. The Balaban J connectivity index is -0.000000193. The van der Waals surface area contributed by atoms with Crippen molar-refractivity contribution in [2.45, 2.75) is 26.7 Å². The number of rotatable bonds is 32. The van der Waals surface area contributed by atoms with Gasteiger partial charge in [0.05, 0.1) is 70.3 Å². The van der Waals surface area contributed by atoms with Crippen LogP contribution in [-0.2, 0) is 71.6 Å².